The molecular weight excluding hydrogens is 424 g/mol. The summed E-state index contributed by atoms with van der Waals surface area (Å²) in [6.07, 6.45) is 8.80. The van der Waals surface area contributed by atoms with Gasteiger partial charge < -0.3 is 19.5 Å². The van der Waals surface area contributed by atoms with Crippen LogP contribution in [0.1, 0.15) is 59.9 Å². The Hall–Kier alpha value is -2.16. The molecule has 1 saturated carbocycles. The first kappa shape index (κ1) is 21.7. The third-order valence-electron chi connectivity index (χ3n) is 6.94. The van der Waals surface area contributed by atoms with Gasteiger partial charge in [-0.25, -0.2) is 0 Å². The number of aromatic nitrogens is 1. The molecule has 1 aliphatic carbocycles. The number of carbonyl (C=O) groups is 2. The average Bonchev–Trinajstić information content (AvgIpc) is 3.39. The minimum Gasteiger partial charge on any atom is -0.379 e. The molecule has 4 heterocycles. The van der Waals surface area contributed by atoms with Gasteiger partial charge in [0.1, 0.15) is 4.88 Å². The summed E-state index contributed by atoms with van der Waals surface area (Å²) in [5.74, 6) is -0.102. The lowest BCUT2D eigenvalue weighted by Gasteiger charge is -2.34. The Morgan fingerprint density at radius 1 is 1.09 bits per heavy atom. The van der Waals surface area contributed by atoms with E-state index in [1.54, 1.807) is 4.90 Å². The van der Waals surface area contributed by atoms with Gasteiger partial charge in [-0.1, -0.05) is 25.7 Å². The van der Waals surface area contributed by atoms with E-state index in [-0.39, 0.29) is 17.9 Å². The Morgan fingerprint density at radius 2 is 1.88 bits per heavy atom. The Kier molecular flexibility index (Phi) is 6.62. The molecule has 1 N–H and O–H groups in total. The lowest BCUT2D eigenvalue weighted by molar-refractivity contribution is -0.127. The molecule has 0 bridgehead atoms. The van der Waals surface area contributed by atoms with Gasteiger partial charge in [0.2, 0.25) is 5.91 Å². The van der Waals surface area contributed by atoms with E-state index in [1.165, 1.54) is 24.2 Å². The minimum absolute atomic E-state index is 0.0482. The van der Waals surface area contributed by atoms with Gasteiger partial charge in [-0.2, -0.15) is 0 Å². The second-order valence-electron chi connectivity index (χ2n) is 8.99. The molecule has 8 heteroatoms. The minimum atomic E-state index is -0.624. The van der Waals surface area contributed by atoms with Crippen molar-refractivity contribution >= 4 is 23.2 Å². The fraction of sp³-hybridized carbons (Fsp3) is 0.583. The van der Waals surface area contributed by atoms with Gasteiger partial charge in [0.15, 0.2) is 6.04 Å². The molecule has 0 aromatic carbocycles. The van der Waals surface area contributed by atoms with Gasteiger partial charge in [-0.15, -0.1) is 11.3 Å². The van der Waals surface area contributed by atoms with Gasteiger partial charge in [-0.05, 0) is 36.4 Å². The van der Waals surface area contributed by atoms with Crippen LogP contribution in [0.4, 0.5) is 0 Å². The number of thiophene rings is 1. The van der Waals surface area contributed by atoms with Crippen LogP contribution in [0.15, 0.2) is 29.8 Å². The third-order valence-corrected chi connectivity index (χ3v) is 7.83. The Balaban J connectivity index is 1.44. The van der Waals surface area contributed by atoms with E-state index in [0.717, 1.165) is 69.9 Å². The molecule has 32 heavy (non-hydrogen) atoms. The lowest BCUT2D eigenvalue weighted by Crippen LogP contribution is -2.49. The van der Waals surface area contributed by atoms with Crippen LogP contribution in [0.5, 0.6) is 0 Å². The molecule has 0 radical (unpaired) electrons. The number of rotatable bonds is 5. The molecule has 172 valence electrons. The number of nitrogens with zero attached hydrogens (tertiary/aromatic N) is 3. The first-order chi connectivity index (χ1) is 15.7. The summed E-state index contributed by atoms with van der Waals surface area (Å²) in [5.41, 5.74) is 1.74. The molecule has 2 aromatic heterocycles. The molecule has 2 aromatic rings. The summed E-state index contributed by atoms with van der Waals surface area (Å²) in [4.78, 5) is 32.2. The van der Waals surface area contributed by atoms with Crippen molar-refractivity contribution in [2.24, 2.45) is 0 Å². The van der Waals surface area contributed by atoms with Gasteiger partial charge in [0.25, 0.3) is 5.91 Å². The maximum atomic E-state index is 13.7. The summed E-state index contributed by atoms with van der Waals surface area (Å²) in [5, 5.41) is 5.27. The molecular formula is C24H32N4O3S. The molecule has 1 unspecified atom stereocenters. The Bertz CT molecular complexity index is 941. The largest absolute Gasteiger partial charge is 0.379 e. The van der Waals surface area contributed by atoms with Crippen LogP contribution in [0.2, 0.25) is 0 Å². The van der Waals surface area contributed by atoms with Crippen LogP contribution in [0.25, 0.3) is 5.69 Å². The van der Waals surface area contributed by atoms with Crippen molar-refractivity contribution in [2.75, 3.05) is 39.4 Å². The predicted molar refractivity (Wildman–Crippen MR) is 124 cm³/mol. The first-order valence-electron chi connectivity index (χ1n) is 11.9. The zero-order valence-electron chi connectivity index (χ0n) is 18.5. The van der Waals surface area contributed by atoms with Crippen LogP contribution in [0.3, 0.4) is 0 Å². The fourth-order valence-electron chi connectivity index (χ4n) is 5.18. The maximum absolute atomic E-state index is 13.7. The smallest absolute Gasteiger partial charge is 0.267 e. The molecule has 0 spiro atoms. The first-order valence-corrected chi connectivity index (χ1v) is 12.8. The molecule has 2 aliphatic heterocycles. The number of amides is 2. The van der Waals surface area contributed by atoms with Crippen molar-refractivity contribution in [3.05, 3.63) is 40.3 Å². The van der Waals surface area contributed by atoms with E-state index >= 15 is 0 Å². The second kappa shape index (κ2) is 9.77. The molecule has 5 rings (SSSR count). The summed E-state index contributed by atoms with van der Waals surface area (Å²) >= 11 is 1.45. The van der Waals surface area contributed by atoms with E-state index in [0.29, 0.717) is 11.4 Å². The van der Waals surface area contributed by atoms with Crippen molar-refractivity contribution in [3.8, 4) is 5.69 Å². The van der Waals surface area contributed by atoms with Gasteiger partial charge in [0, 0.05) is 38.4 Å². The molecule has 2 amide bonds. The second-order valence-corrected chi connectivity index (χ2v) is 9.91. The van der Waals surface area contributed by atoms with Crippen LogP contribution >= 0.6 is 11.3 Å². The molecule has 7 nitrogen and oxygen atoms in total. The number of fused-ring (bicyclic) bond motifs is 3. The lowest BCUT2D eigenvalue weighted by atomic mass is 10.1. The number of morpholine rings is 1. The summed E-state index contributed by atoms with van der Waals surface area (Å²) < 4.78 is 7.49. The molecule has 1 saturated heterocycles. The monoisotopic (exact) mass is 456 g/mol. The summed E-state index contributed by atoms with van der Waals surface area (Å²) in [6.45, 7) is 4.42. The maximum Gasteiger partial charge on any atom is 0.267 e. The van der Waals surface area contributed by atoms with Crippen molar-refractivity contribution in [1.29, 1.82) is 0 Å². The third kappa shape index (κ3) is 4.36. The van der Waals surface area contributed by atoms with E-state index in [2.05, 4.69) is 10.2 Å². The molecule has 1 atom stereocenters. The highest BCUT2D eigenvalue weighted by atomic mass is 32.1. The van der Waals surface area contributed by atoms with E-state index in [1.807, 2.05) is 34.3 Å². The number of carbonyl (C=O) groups excluding carboxylic acids is 2. The highest BCUT2D eigenvalue weighted by molar-refractivity contribution is 7.12. The Morgan fingerprint density at radius 3 is 2.66 bits per heavy atom. The van der Waals surface area contributed by atoms with Crippen molar-refractivity contribution in [3.63, 3.8) is 0 Å². The number of hydrogen-bond acceptors (Lipinski definition) is 5. The quantitative estimate of drug-likeness (QED) is 0.702. The van der Waals surface area contributed by atoms with Gasteiger partial charge in [0.05, 0.1) is 24.6 Å². The van der Waals surface area contributed by atoms with Crippen LogP contribution in [-0.2, 0) is 9.53 Å². The predicted octanol–water partition coefficient (Wildman–Crippen LogP) is 3.21. The zero-order chi connectivity index (χ0) is 21.9. The van der Waals surface area contributed by atoms with Crippen LogP contribution in [0, 0.1) is 0 Å². The highest BCUT2D eigenvalue weighted by Crippen LogP contribution is 2.35. The van der Waals surface area contributed by atoms with Gasteiger partial charge in [-0.3, -0.25) is 14.5 Å². The van der Waals surface area contributed by atoms with Crippen molar-refractivity contribution in [2.45, 2.75) is 50.6 Å². The standard InChI is InChI=1S/C24H32N4O3S/c29-23(25-18-6-3-1-2-4-7-18)21-19-8-5-10-27(19)20-9-17-32-22(20)24(30)28(21)12-11-26-13-15-31-16-14-26/h5,8-10,17-18,21H,1-4,6-7,11-16H2,(H,25,29). The van der Waals surface area contributed by atoms with Crippen LogP contribution in [-0.4, -0.2) is 71.6 Å². The van der Waals surface area contributed by atoms with E-state index in [9.17, 15) is 9.59 Å². The SMILES string of the molecule is O=C(NC1CCCCCC1)C1c2cccn2-c2ccsc2C(=O)N1CCN1CCOCC1. The van der Waals surface area contributed by atoms with Crippen molar-refractivity contribution < 1.29 is 14.3 Å². The number of nitrogens with one attached hydrogen (secondary N) is 1. The normalized spacial score (nSPS) is 22.7. The Labute approximate surface area is 193 Å². The van der Waals surface area contributed by atoms with E-state index < -0.39 is 6.04 Å². The summed E-state index contributed by atoms with van der Waals surface area (Å²) in [7, 11) is 0. The number of hydrogen-bond donors (Lipinski definition) is 1. The molecule has 2 fully saturated rings. The van der Waals surface area contributed by atoms with Crippen LogP contribution < -0.4 is 5.32 Å². The number of ether oxygens (including phenoxy) is 1. The zero-order valence-corrected chi connectivity index (χ0v) is 19.3. The highest BCUT2D eigenvalue weighted by Gasteiger charge is 2.39. The van der Waals surface area contributed by atoms with Crippen molar-refractivity contribution in [1.82, 2.24) is 19.7 Å². The van der Waals surface area contributed by atoms with Gasteiger partial charge >= 0.3 is 0 Å². The average molecular weight is 457 g/mol. The summed E-state index contributed by atoms with van der Waals surface area (Å²) in [6, 6.07) is 5.51. The molecule has 3 aliphatic rings. The topological polar surface area (TPSA) is 66.8 Å². The van der Waals surface area contributed by atoms with E-state index in [4.69, 9.17) is 4.74 Å². The fourth-order valence-corrected chi connectivity index (χ4v) is 6.02.